The summed E-state index contributed by atoms with van der Waals surface area (Å²) in [6.07, 6.45) is 47.2. The molecule has 0 bridgehead atoms. The average Bonchev–Trinajstić information content (AvgIpc) is 2.80. The van der Waals surface area contributed by atoms with Gasteiger partial charge in [0.15, 0.2) is 12.2 Å². The lowest BCUT2D eigenvalue weighted by atomic mass is 10.00. The molecule has 0 spiro atoms. The monoisotopic (exact) mass is 1340 g/mol. The van der Waals surface area contributed by atoms with Gasteiger partial charge in [0.2, 0.25) is 0 Å². The molecule has 17 nitrogen and oxygen atoms in total. The molecule has 91 heavy (non-hydrogen) atoms. The Hall–Kier alpha value is -1.94. The predicted octanol–water partition coefficient (Wildman–Crippen LogP) is 20.6. The number of ether oxygens (including phenoxy) is 4. The van der Waals surface area contributed by atoms with Gasteiger partial charge < -0.3 is 33.8 Å². The molecule has 0 aliphatic rings. The van der Waals surface area contributed by atoms with Crippen LogP contribution in [0.4, 0.5) is 0 Å². The van der Waals surface area contributed by atoms with E-state index in [0.29, 0.717) is 25.7 Å². The van der Waals surface area contributed by atoms with Crippen molar-refractivity contribution in [1.82, 2.24) is 0 Å². The molecular formula is C72H140O17P2. The molecule has 0 aliphatic heterocycles. The minimum absolute atomic E-state index is 0.102. The molecule has 0 saturated carbocycles. The first kappa shape index (κ1) is 89.1. The van der Waals surface area contributed by atoms with Crippen LogP contribution in [0.2, 0.25) is 0 Å². The summed E-state index contributed by atoms with van der Waals surface area (Å²) in [5, 5.41) is 10.6. The Bertz CT molecular complexity index is 1790. The Morgan fingerprint density at radius 1 is 0.319 bits per heavy atom. The normalized spacial score (nSPS) is 14.8. The molecule has 19 heteroatoms. The number of aliphatic hydroxyl groups is 1. The largest absolute Gasteiger partial charge is 0.472 e. The van der Waals surface area contributed by atoms with E-state index in [4.69, 9.17) is 37.0 Å². The molecule has 0 aromatic carbocycles. The molecule has 540 valence electrons. The molecule has 4 unspecified atom stereocenters. The van der Waals surface area contributed by atoms with Gasteiger partial charge in [-0.15, -0.1) is 0 Å². The first-order chi connectivity index (χ1) is 43.8. The summed E-state index contributed by atoms with van der Waals surface area (Å²) in [7, 11) is -9.90. The maximum absolute atomic E-state index is 13.0. The van der Waals surface area contributed by atoms with E-state index in [1.807, 2.05) is 0 Å². The second-order valence-corrected chi connectivity index (χ2v) is 29.8. The van der Waals surface area contributed by atoms with Gasteiger partial charge in [0.1, 0.15) is 19.3 Å². The fraction of sp³-hybridized carbons (Fsp3) is 0.944. The average molecular weight is 1340 g/mol. The number of unbranched alkanes of at least 4 members (excludes halogenated alkanes) is 36. The number of carbonyl (C=O) groups is 4. The fourth-order valence-corrected chi connectivity index (χ4v) is 12.4. The molecule has 0 aromatic heterocycles. The van der Waals surface area contributed by atoms with Crippen molar-refractivity contribution in [1.29, 1.82) is 0 Å². The highest BCUT2D eigenvalue weighted by atomic mass is 31.2. The molecule has 0 aromatic rings. The van der Waals surface area contributed by atoms with E-state index in [9.17, 15) is 43.2 Å². The lowest BCUT2D eigenvalue weighted by Gasteiger charge is -2.21. The van der Waals surface area contributed by atoms with Crippen LogP contribution in [0, 0.1) is 17.8 Å². The van der Waals surface area contributed by atoms with Crippen molar-refractivity contribution < 1.29 is 80.2 Å². The van der Waals surface area contributed by atoms with E-state index >= 15 is 0 Å². The highest BCUT2D eigenvalue weighted by Gasteiger charge is 2.30. The quantitative estimate of drug-likeness (QED) is 0.0222. The van der Waals surface area contributed by atoms with Crippen LogP contribution in [-0.4, -0.2) is 96.7 Å². The number of carbonyl (C=O) groups excluding carboxylic acids is 4. The molecule has 0 heterocycles. The van der Waals surface area contributed by atoms with Gasteiger partial charge in [-0.3, -0.25) is 37.3 Å². The standard InChI is InChI=1S/C72H140O17P2/c1-8-11-12-13-14-15-16-17-18-19-20-25-28-31-41-48-55-71(76)88-67(59-82-69(74)53-46-39-30-27-24-22-21-23-26-29-36-43-50-63(4)5)61-86-90(78,79)84-57-66(73)58-85-91(80,81)87-62-68(89-72(77)56-49-42-35-33-38-45-52-65(7)10-3)60-83-70(75)54-47-40-34-32-37-44-51-64(6)9-2/h63-68,73H,8-62H2,1-7H3,(H,78,79)(H,80,81)/t64?,65?,66-,67-,68-/m1/s1. The van der Waals surface area contributed by atoms with Crippen molar-refractivity contribution in [3.63, 3.8) is 0 Å². The zero-order valence-corrected chi connectivity index (χ0v) is 61.1. The molecule has 0 amide bonds. The van der Waals surface area contributed by atoms with Crippen molar-refractivity contribution in [2.45, 2.75) is 381 Å². The number of rotatable bonds is 70. The van der Waals surface area contributed by atoms with E-state index in [1.165, 1.54) is 167 Å². The summed E-state index contributed by atoms with van der Waals surface area (Å²) in [5.74, 6) is 0.106. The Morgan fingerprint density at radius 2 is 0.560 bits per heavy atom. The van der Waals surface area contributed by atoms with Crippen LogP contribution < -0.4 is 0 Å². The van der Waals surface area contributed by atoms with Crippen molar-refractivity contribution in [2.24, 2.45) is 17.8 Å². The predicted molar refractivity (Wildman–Crippen MR) is 368 cm³/mol. The van der Waals surface area contributed by atoms with Crippen molar-refractivity contribution in [3.8, 4) is 0 Å². The summed E-state index contributed by atoms with van der Waals surface area (Å²) in [5.41, 5.74) is 0. The molecule has 0 rings (SSSR count). The third-order valence-electron chi connectivity index (χ3n) is 17.4. The number of hydrogen-bond acceptors (Lipinski definition) is 15. The van der Waals surface area contributed by atoms with Crippen LogP contribution in [0.3, 0.4) is 0 Å². The van der Waals surface area contributed by atoms with E-state index in [1.54, 1.807) is 0 Å². The first-order valence-electron chi connectivity index (χ1n) is 37.4. The zero-order chi connectivity index (χ0) is 67.3. The lowest BCUT2D eigenvalue weighted by Crippen LogP contribution is -2.30. The molecule has 0 radical (unpaired) electrons. The van der Waals surface area contributed by atoms with E-state index in [0.717, 1.165) is 114 Å². The van der Waals surface area contributed by atoms with Crippen LogP contribution in [0.1, 0.15) is 363 Å². The Labute approximate surface area is 556 Å². The van der Waals surface area contributed by atoms with Crippen molar-refractivity contribution in [2.75, 3.05) is 39.6 Å². The number of phosphoric ester groups is 2. The Kier molecular flexibility index (Phi) is 61.5. The lowest BCUT2D eigenvalue weighted by molar-refractivity contribution is -0.161. The second kappa shape index (κ2) is 62.8. The van der Waals surface area contributed by atoms with Crippen molar-refractivity contribution >= 4 is 39.5 Å². The third-order valence-corrected chi connectivity index (χ3v) is 19.3. The van der Waals surface area contributed by atoms with Gasteiger partial charge in [-0.25, -0.2) is 9.13 Å². The van der Waals surface area contributed by atoms with Gasteiger partial charge in [-0.2, -0.15) is 0 Å². The molecule has 0 fully saturated rings. The van der Waals surface area contributed by atoms with E-state index in [-0.39, 0.29) is 25.7 Å². The molecule has 0 saturated heterocycles. The van der Waals surface area contributed by atoms with Gasteiger partial charge in [0.25, 0.3) is 0 Å². The van der Waals surface area contributed by atoms with E-state index in [2.05, 4.69) is 48.5 Å². The van der Waals surface area contributed by atoms with Crippen LogP contribution in [0.15, 0.2) is 0 Å². The van der Waals surface area contributed by atoms with Gasteiger partial charge in [-0.05, 0) is 43.4 Å². The highest BCUT2D eigenvalue weighted by Crippen LogP contribution is 2.45. The summed E-state index contributed by atoms with van der Waals surface area (Å²) in [4.78, 5) is 72.6. The van der Waals surface area contributed by atoms with Crippen LogP contribution in [0.25, 0.3) is 0 Å². The maximum Gasteiger partial charge on any atom is 0.472 e. The topological polar surface area (TPSA) is 237 Å². The second-order valence-electron chi connectivity index (χ2n) is 26.9. The number of hydrogen-bond donors (Lipinski definition) is 3. The molecule has 3 N–H and O–H groups in total. The Balaban J connectivity index is 5.25. The molecule has 7 atom stereocenters. The summed E-state index contributed by atoms with van der Waals surface area (Å²) in [6.45, 7) is 11.8. The number of phosphoric acid groups is 2. The van der Waals surface area contributed by atoms with Crippen LogP contribution in [-0.2, 0) is 65.4 Å². The van der Waals surface area contributed by atoms with Gasteiger partial charge in [-0.1, -0.05) is 312 Å². The van der Waals surface area contributed by atoms with Gasteiger partial charge in [0.05, 0.1) is 26.4 Å². The van der Waals surface area contributed by atoms with Crippen LogP contribution in [0.5, 0.6) is 0 Å². The zero-order valence-electron chi connectivity index (χ0n) is 59.3. The van der Waals surface area contributed by atoms with Crippen LogP contribution >= 0.6 is 15.6 Å². The smallest absolute Gasteiger partial charge is 0.462 e. The number of esters is 4. The molecular weight excluding hydrogens is 1200 g/mol. The SMILES string of the molecule is CCCCCCCCCCCCCCCCCCC(=O)O[C@H](COC(=O)CCCCCCCCCCCCCCC(C)C)COP(=O)(O)OC[C@@H](O)COP(=O)(O)OC[C@@H](COC(=O)CCCCCCCCC(C)CC)OC(=O)CCCCCCCCC(C)CC. The number of aliphatic hydroxyl groups excluding tert-OH is 1. The van der Waals surface area contributed by atoms with Gasteiger partial charge >= 0.3 is 39.5 Å². The van der Waals surface area contributed by atoms with Crippen molar-refractivity contribution in [3.05, 3.63) is 0 Å². The molecule has 0 aliphatic carbocycles. The Morgan fingerprint density at radius 3 is 0.835 bits per heavy atom. The summed E-state index contributed by atoms with van der Waals surface area (Å²) in [6, 6.07) is 0. The minimum Gasteiger partial charge on any atom is -0.462 e. The van der Waals surface area contributed by atoms with Gasteiger partial charge in [0, 0.05) is 25.7 Å². The minimum atomic E-state index is -4.95. The summed E-state index contributed by atoms with van der Waals surface area (Å²) < 4.78 is 68.3. The fourth-order valence-electron chi connectivity index (χ4n) is 10.8. The first-order valence-corrected chi connectivity index (χ1v) is 40.4. The maximum atomic E-state index is 13.0. The third kappa shape index (κ3) is 63.9. The highest BCUT2D eigenvalue weighted by molar-refractivity contribution is 7.47. The van der Waals surface area contributed by atoms with E-state index < -0.39 is 97.5 Å². The summed E-state index contributed by atoms with van der Waals surface area (Å²) >= 11 is 0.